The lowest BCUT2D eigenvalue weighted by Gasteiger charge is -2.27. The number of carbonyl (C=O) groups is 7. The van der Waals surface area contributed by atoms with Gasteiger partial charge in [0, 0.05) is 54.3 Å². The molecule has 18 nitrogen and oxygen atoms in total. The van der Waals surface area contributed by atoms with Crippen LogP contribution in [0.3, 0.4) is 0 Å². The van der Waals surface area contributed by atoms with Gasteiger partial charge in [-0.2, -0.15) is 0 Å². The largest absolute Gasteiger partial charge is 0.377 e. The number of aromatic amines is 1. The molecule has 4 heterocycles. The van der Waals surface area contributed by atoms with Crippen LogP contribution in [0.1, 0.15) is 61.6 Å². The Hall–Kier alpha value is -6.89. The second kappa shape index (κ2) is 23.0. The molecule has 67 heavy (non-hydrogen) atoms. The van der Waals surface area contributed by atoms with E-state index in [-0.39, 0.29) is 80.7 Å². The number of amides is 7. The van der Waals surface area contributed by atoms with Gasteiger partial charge in [0.1, 0.15) is 35.9 Å². The van der Waals surface area contributed by atoms with Gasteiger partial charge in [-0.3, -0.25) is 43.8 Å². The Labute approximate surface area is 382 Å². The summed E-state index contributed by atoms with van der Waals surface area (Å²) in [6, 6.07) is 13.6. The first-order valence-electron chi connectivity index (χ1n) is 21.7. The first-order valence-corrected chi connectivity index (χ1v) is 21.7. The van der Waals surface area contributed by atoms with Gasteiger partial charge in [0.05, 0.1) is 70.6 Å². The maximum atomic E-state index is 13.5. The third kappa shape index (κ3) is 12.3. The summed E-state index contributed by atoms with van der Waals surface area (Å²) in [7, 11) is 0. The molecule has 2 fully saturated rings. The number of benzene rings is 3. The molecule has 2 saturated heterocycles. The summed E-state index contributed by atoms with van der Waals surface area (Å²) in [5, 5.41) is 8.26. The van der Waals surface area contributed by atoms with Gasteiger partial charge in [0.15, 0.2) is 0 Å². The second-order valence-corrected chi connectivity index (χ2v) is 15.5. The van der Waals surface area contributed by atoms with Crippen LogP contribution < -0.4 is 20.9 Å². The highest BCUT2D eigenvalue weighted by Gasteiger charge is 2.45. The number of hydrogen-bond acceptors (Lipinski definition) is 12. The molecule has 3 aromatic carbocycles. The topological polar surface area (TPSA) is 224 Å². The molecule has 0 bridgehead atoms. The van der Waals surface area contributed by atoms with E-state index < -0.39 is 53.1 Å². The van der Waals surface area contributed by atoms with E-state index in [2.05, 4.69) is 32.8 Å². The molecule has 352 valence electrons. The Bertz CT molecular complexity index is 2570. The lowest BCUT2D eigenvalue weighted by molar-refractivity contribution is -0.136. The fourth-order valence-corrected chi connectivity index (χ4v) is 7.70. The summed E-state index contributed by atoms with van der Waals surface area (Å²) in [4.78, 5) is 94.2. The number of halogens is 2. The lowest BCUT2D eigenvalue weighted by atomic mass is 10.0. The summed E-state index contributed by atoms with van der Waals surface area (Å²) < 4.78 is 54.6. The SMILES string of the molecule is O=C1CCC(N2C(=O)c3cccc(C#CCOCCOCCOCCOCCOCCNC(=O)c4cc5cc(N6CCC(C(=O)NCc7cc(F)cc(F)c7)C6=O)ccc5[nH]4)c3C2=O)C(=O)N1. The monoisotopic (exact) mass is 926 g/mol. The Morgan fingerprint density at radius 2 is 1.45 bits per heavy atom. The minimum Gasteiger partial charge on any atom is -0.377 e. The summed E-state index contributed by atoms with van der Waals surface area (Å²) in [5.74, 6) is -0.337. The molecule has 3 aliphatic rings. The van der Waals surface area contributed by atoms with Crippen molar-refractivity contribution in [1.82, 2.24) is 25.8 Å². The fourth-order valence-electron chi connectivity index (χ4n) is 7.70. The van der Waals surface area contributed by atoms with Crippen molar-refractivity contribution < 1.29 is 66.0 Å². The van der Waals surface area contributed by atoms with Crippen molar-refractivity contribution in [2.45, 2.75) is 31.8 Å². The number of H-pyrrole nitrogens is 1. The summed E-state index contributed by atoms with van der Waals surface area (Å²) in [6.45, 7) is 3.40. The zero-order chi connectivity index (χ0) is 47.3. The van der Waals surface area contributed by atoms with Crippen LogP contribution in [-0.2, 0) is 49.4 Å². The predicted octanol–water partition coefficient (Wildman–Crippen LogP) is 2.38. The molecule has 2 atom stereocenters. The molecule has 20 heteroatoms. The zero-order valence-corrected chi connectivity index (χ0v) is 36.3. The molecule has 4 N–H and O–H groups in total. The standard InChI is InChI=1S/C47H48F2N6O12/c48-32-23-29(24-33(49)27-32)28-51-42(57)36-10-12-54(45(36)60)34-6-7-37-31(25-34)26-38(52-37)43(58)50-11-14-64-16-18-66-20-22-67-21-19-65-17-15-63-13-2-4-30-3-1-5-35-41(30)47(62)55(46(35)61)39-8-9-40(56)53-44(39)59/h1,3,5-7,23-27,36,39,52H,8-22,28H2,(H,50,58)(H,51,57)(H,53,56,59). The van der Waals surface area contributed by atoms with Crippen LogP contribution in [-0.4, -0.2) is 136 Å². The molecule has 4 aromatic rings. The average molecular weight is 927 g/mol. The number of imide groups is 2. The Morgan fingerprint density at radius 3 is 2.15 bits per heavy atom. The number of ether oxygens (including phenoxy) is 5. The molecule has 3 aliphatic heterocycles. The fraction of sp³-hybridized carbons (Fsp3) is 0.383. The summed E-state index contributed by atoms with van der Waals surface area (Å²) in [5.41, 5.74) is 2.45. The normalized spacial score (nSPS) is 16.9. The van der Waals surface area contributed by atoms with Crippen molar-refractivity contribution in [2.75, 3.05) is 84.1 Å². The lowest BCUT2D eigenvalue weighted by Crippen LogP contribution is -2.54. The number of carbonyl (C=O) groups excluding carboxylic acids is 7. The van der Waals surface area contributed by atoms with Crippen LogP contribution in [0.5, 0.6) is 0 Å². The number of nitrogens with zero attached hydrogens (tertiary/aromatic N) is 2. The van der Waals surface area contributed by atoms with E-state index in [0.717, 1.165) is 23.1 Å². The maximum Gasteiger partial charge on any atom is 0.267 e. The van der Waals surface area contributed by atoms with Crippen molar-refractivity contribution in [2.24, 2.45) is 5.92 Å². The quantitative estimate of drug-likeness (QED) is 0.0386. The number of rotatable bonds is 22. The van der Waals surface area contributed by atoms with Gasteiger partial charge in [-0.15, -0.1) is 0 Å². The molecule has 0 radical (unpaired) electrons. The molecule has 2 unspecified atom stereocenters. The van der Waals surface area contributed by atoms with E-state index in [9.17, 15) is 42.3 Å². The van der Waals surface area contributed by atoms with Crippen molar-refractivity contribution >= 4 is 57.9 Å². The second-order valence-electron chi connectivity index (χ2n) is 15.5. The van der Waals surface area contributed by atoms with E-state index in [1.807, 2.05) is 0 Å². The van der Waals surface area contributed by atoms with Crippen molar-refractivity contribution in [3.05, 3.63) is 100 Å². The predicted molar refractivity (Wildman–Crippen MR) is 233 cm³/mol. The molecular formula is C47H48F2N6O12. The average Bonchev–Trinajstić information content (AvgIpc) is 3.99. The number of fused-ring (bicyclic) bond motifs is 2. The molecule has 1 aromatic heterocycles. The van der Waals surface area contributed by atoms with Crippen LogP contribution in [0.2, 0.25) is 0 Å². The van der Waals surface area contributed by atoms with Gasteiger partial charge in [0.25, 0.3) is 17.7 Å². The molecule has 0 aliphatic carbocycles. The number of nitrogens with one attached hydrogen (secondary N) is 4. The van der Waals surface area contributed by atoms with E-state index >= 15 is 0 Å². The van der Waals surface area contributed by atoms with Crippen LogP contribution in [0.15, 0.2) is 60.7 Å². The van der Waals surface area contributed by atoms with Gasteiger partial charge in [0.2, 0.25) is 23.6 Å². The molecule has 0 spiro atoms. The number of hydrogen-bond donors (Lipinski definition) is 4. The summed E-state index contributed by atoms with van der Waals surface area (Å²) in [6.07, 6.45) is 0.378. The highest BCUT2D eigenvalue weighted by Crippen LogP contribution is 2.31. The molecular weight excluding hydrogens is 879 g/mol. The van der Waals surface area contributed by atoms with Crippen molar-refractivity contribution in [1.29, 1.82) is 0 Å². The zero-order valence-electron chi connectivity index (χ0n) is 36.3. The minimum absolute atomic E-state index is 0.0340. The minimum atomic E-state index is -1.05. The van der Waals surface area contributed by atoms with Crippen LogP contribution in [0.4, 0.5) is 14.5 Å². The molecule has 7 amide bonds. The van der Waals surface area contributed by atoms with Gasteiger partial charge >= 0.3 is 0 Å². The highest BCUT2D eigenvalue weighted by atomic mass is 19.1. The first kappa shape index (κ1) is 48.1. The van der Waals surface area contributed by atoms with E-state index in [1.54, 1.807) is 36.4 Å². The number of anilines is 1. The highest BCUT2D eigenvalue weighted by molar-refractivity contribution is 6.24. The number of aromatic nitrogens is 1. The van der Waals surface area contributed by atoms with Gasteiger partial charge < -0.3 is 44.2 Å². The Kier molecular flexibility index (Phi) is 16.5. The molecule has 7 rings (SSSR count). The third-order valence-electron chi connectivity index (χ3n) is 11.0. The van der Waals surface area contributed by atoms with Crippen molar-refractivity contribution in [3.8, 4) is 11.8 Å². The van der Waals surface area contributed by atoms with Gasteiger partial charge in [-0.05, 0) is 66.9 Å². The number of piperidine rings is 1. The maximum absolute atomic E-state index is 13.5. The van der Waals surface area contributed by atoms with Crippen LogP contribution >= 0.6 is 0 Å². The van der Waals surface area contributed by atoms with E-state index in [0.29, 0.717) is 80.6 Å². The summed E-state index contributed by atoms with van der Waals surface area (Å²) >= 11 is 0. The smallest absolute Gasteiger partial charge is 0.267 e. The van der Waals surface area contributed by atoms with Crippen molar-refractivity contribution in [3.63, 3.8) is 0 Å². The molecule has 0 saturated carbocycles. The van der Waals surface area contributed by atoms with Gasteiger partial charge in [-0.1, -0.05) is 17.9 Å². The third-order valence-corrected chi connectivity index (χ3v) is 11.0. The van der Waals surface area contributed by atoms with Crippen LogP contribution in [0, 0.1) is 29.4 Å². The first-order chi connectivity index (χ1) is 32.5. The Balaban J connectivity index is 0.688. The van der Waals surface area contributed by atoms with Gasteiger partial charge in [-0.25, -0.2) is 8.78 Å². The van der Waals surface area contributed by atoms with Crippen LogP contribution in [0.25, 0.3) is 10.9 Å². The van der Waals surface area contributed by atoms with E-state index in [4.69, 9.17) is 23.7 Å². The van der Waals surface area contributed by atoms with E-state index in [1.165, 1.54) is 11.0 Å². The Morgan fingerprint density at radius 1 is 0.761 bits per heavy atom.